The fourth-order valence-electron chi connectivity index (χ4n) is 3.80. The summed E-state index contributed by atoms with van der Waals surface area (Å²) in [5.41, 5.74) is -0.0984. The first-order valence-corrected chi connectivity index (χ1v) is 10.0. The third-order valence-electron chi connectivity index (χ3n) is 5.25. The van der Waals surface area contributed by atoms with Gasteiger partial charge in [0, 0.05) is 37.2 Å². The van der Waals surface area contributed by atoms with Gasteiger partial charge < -0.3 is 19.1 Å². The van der Waals surface area contributed by atoms with Crippen LogP contribution in [0.15, 0.2) is 36.5 Å². The number of hydrogen-bond acceptors (Lipinski definition) is 5. The predicted molar refractivity (Wildman–Crippen MR) is 105 cm³/mol. The van der Waals surface area contributed by atoms with E-state index in [1.54, 1.807) is 11.0 Å². The average Bonchev–Trinajstić information content (AvgIpc) is 3.28. The first-order valence-electron chi connectivity index (χ1n) is 10.0. The minimum Gasteiger partial charge on any atom is -0.483 e. The van der Waals surface area contributed by atoms with Crippen LogP contribution in [0.4, 0.5) is 13.2 Å². The quantitative estimate of drug-likeness (QED) is 0.712. The Morgan fingerprint density at radius 1 is 1.32 bits per heavy atom. The number of benzene rings is 1. The van der Waals surface area contributed by atoms with E-state index in [2.05, 4.69) is 4.98 Å². The number of para-hydroxylation sites is 1. The lowest BCUT2D eigenvalue weighted by Crippen LogP contribution is -2.34. The molecule has 166 valence electrons. The van der Waals surface area contributed by atoms with Crippen LogP contribution in [0, 0.1) is 0 Å². The molecule has 0 N–H and O–H groups in total. The number of hydrogen-bond donors (Lipinski definition) is 0. The number of nitrogens with zero attached hydrogens (tertiary/aromatic N) is 2. The Kier molecular flexibility index (Phi) is 5.45. The topological polar surface area (TPSA) is 60.9 Å². The van der Waals surface area contributed by atoms with E-state index in [0.717, 1.165) is 30.3 Å². The monoisotopic (exact) mass is 436 g/mol. The Bertz CT molecular complexity index is 977. The summed E-state index contributed by atoms with van der Waals surface area (Å²) in [6.45, 7) is 4.52. The summed E-state index contributed by atoms with van der Waals surface area (Å²) in [6.07, 6.45) is -2.56. The van der Waals surface area contributed by atoms with Crippen molar-refractivity contribution in [3.63, 3.8) is 0 Å². The summed E-state index contributed by atoms with van der Waals surface area (Å²) < 4.78 is 55.8. The summed E-state index contributed by atoms with van der Waals surface area (Å²) in [6, 6.07) is 7.36. The highest BCUT2D eigenvalue weighted by molar-refractivity contribution is 5.78. The molecule has 1 amide bonds. The fourth-order valence-corrected chi connectivity index (χ4v) is 3.80. The number of halogens is 3. The van der Waals surface area contributed by atoms with Gasteiger partial charge in [-0.1, -0.05) is 12.1 Å². The fraction of sp³-hybridized carbons (Fsp3) is 0.455. The van der Waals surface area contributed by atoms with E-state index < -0.39 is 17.8 Å². The van der Waals surface area contributed by atoms with Crippen molar-refractivity contribution >= 4 is 5.91 Å². The molecular weight excluding hydrogens is 413 g/mol. The van der Waals surface area contributed by atoms with Crippen molar-refractivity contribution in [2.75, 3.05) is 19.7 Å². The van der Waals surface area contributed by atoms with E-state index >= 15 is 0 Å². The second-order valence-corrected chi connectivity index (χ2v) is 8.32. The van der Waals surface area contributed by atoms with Crippen molar-refractivity contribution < 1.29 is 32.2 Å². The van der Waals surface area contributed by atoms with Crippen molar-refractivity contribution in [3.05, 3.63) is 47.7 Å². The summed E-state index contributed by atoms with van der Waals surface area (Å²) in [5, 5.41) is 0. The van der Waals surface area contributed by atoms with Crippen LogP contribution in [0.5, 0.6) is 17.4 Å². The molecule has 2 aromatic rings. The highest BCUT2D eigenvalue weighted by Gasteiger charge is 2.34. The van der Waals surface area contributed by atoms with Gasteiger partial charge in [0.25, 0.3) is 5.91 Å². The first kappa shape index (κ1) is 21.3. The molecule has 31 heavy (non-hydrogen) atoms. The molecule has 1 saturated heterocycles. The van der Waals surface area contributed by atoms with Crippen LogP contribution >= 0.6 is 0 Å². The van der Waals surface area contributed by atoms with Gasteiger partial charge >= 0.3 is 6.18 Å². The summed E-state index contributed by atoms with van der Waals surface area (Å²) in [7, 11) is 0. The lowest BCUT2D eigenvalue weighted by molar-refractivity contribution is -0.137. The molecule has 9 heteroatoms. The number of carbonyl (C=O) groups is 1. The molecule has 4 rings (SSSR count). The molecule has 1 fully saturated rings. The van der Waals surface area contributed by atoms with Gasteiger partial charge in [0.05, 0.1) is 12.1 Å². The van der Waals surface area contributed by atoms with Gasteiger partial charge in [-0.25, -0.2) is 4.98 Å². The predicted octanol–water partition coefficient (Wildman–Crippen LogP) is 3.87. The van der Waals surface area contributed by atoms with Crippen LogP contribution in [0.1, 0.15) is 31.4 Å². The summed E-state index contributed by atoms with van der Waals surface area (Å²) in [5.74, 6) is 0.859. The Hall–Kier alpha value is -2.97. The Morgan fingerprint density at radius 2 is 2.13 bits per heavy atom. The highest BCUT2D eigenvalue weighted by atomic mass is 19.4. The van der Waals surface area contributed by atoms with Gasteiger partial charge in [-0.05, 0) is 26.0 Å². The molecule has 2 aliphatic heterocycles. The van der Waals surface area contributed by atoms with Crippen molar-refractivity contribution in [1.82, 2.24) is 9.88 Å². The molecule has 1 atom stereocenters. The molecule has 6 nitrogen and oxygen atoms in total. The van der Waals surface area contributed by atoms with E-state index in [-0.39, 0.29) is 30.5 Å². The molecule has 0 radical (unpaired) electrons. The first-order chi connectivity index (χ1) is 14.6. The zero-order valence-electron chi connectivity index (χ0n) is 17.2. The minimum absolute atomic E-state index is 0.106. The number of fused-ring (bicyclic) bond motifs is 1. The number of rotatable bonds is 5. The molecule has 1 aromatic carbocycles. The zero-order chi connectivity index (χ0) is 22.2. The molecule has 0 bridgehead atoms. The third kappa shape index (κ3) is 4.86. The van der Waals surface area contributed by atoms with Gasteiger partial charge in [0.15, 0.2) is 18.1 Å². The average molecular weight is 436 g/mol. The van der Waals surface area contributed by atoms with E-state index in [9.17, 15) is 18.0 Å². The smallest absolute Gasteiger partial charge is 0.416 e. The van der Waals surface area contributed by atoms with Gasteiger partial charge in [0.2, 0.25) is 5.88 Å². The molecule has 0 spiro atoms. The minimum atomic E-state index is -4.47. The highest BCUT2D eigenvalue weighted by Crippen LogP contribution is 2.41. The zero-order valence-corrected chi connectivity index (χ0v) is 17.2. The molecule has 3 heterocycles. The molecule has 1 unspecified atom stereocenters. The lowest BCUT2D eigenvalue weighted by Gasteiger charge is -2.19. The third-order valence-corrected chi connectivity index (χ3v) is 5.25. The van der Waals surface area contributed by atoms with Gasteiger partial charge in [-0.2, -0.15) is 13.2 Å². The number of ether oxygens (including phenoxy) is 3. The van der Waals surface area contributed by atoms with Crippen LogP contribution in [-0.2, 0) is 17.4 Å². The number of amides is 1. The van der Waals surface area contributed by atoms with Gasteiger partial charge in [-0.3, -0.25) is 4.79 Å². The maximum Gasteiger partial charge on any atom is 0.416 e. The number of aromatic nitrogens is 1. The van der Waals surface area contributed by atoms with Crippen LogP contribution in [-0.4, -0.2) is 47.2 Å². The Balaban J connectivity index is 1.32. The molecule has 0 aliphatic carbocycles. The SMILES string of the molecule is CC1(C)Cc2cccc(OCC(=O)N3CCC(Oc4cc(C(F)(F)F)ccn4)C3)c2O1. The number of carbonyl (C=O) groups excluding carboxylic acids is 1. The van der Waals surface area contributed by atoms with E-state index in [4.69, 9.17) is 14.2 Å². The summed E-state index contributed by atoms with van der Waals surface area (Å²) in [4.78, 5) is 18.0. The molecular formula is C22H23F3N2O4. The number of pyridine rings is 1. The van der Waals surface area contributed by atoms with Crippen LogP contribution in [0.2, 0.25) is 0 Å². The maximum absolute atomic E-state index is 12.8. The second-order valence-electron chi connectivity index (χ2n) is 8.32. The van der Waals surface area contributed by atoms with Gasteiger partial charge in [-0.15, -0.1) is 0 Å². The maximum atomic E-state index is 12.8. The van der Waals surface area contributed by atoms with Crippen LogP contribution < -0.4 is 14.2 Å². The Morgan fingerprint density at radius 3 is 2.90 bits per heavy atom. The summed E-state index contributed by atoms with van der Waals surface area (Å²) >= 11 is 0. The lowest BCUT2D eigenvalue weighted by atomic mass is 10.0. The molecule has 0 saturated carbocycles. The molecule has 2 aliphatic rings. The van der Waals surface area contributed by atoms with E-state index in [1.807, 2.05) is 26.0 Å². The van der Waals surface area contributed by atoms with Crippen molar-refractivity contribution in [2.24, 2.45) is 0 Å². The van der Waals surface area contributed by atoms with E-state index in [0.29, 0.717) is 24.5 Å². The van der Waals surface area contributed by atoms with E-state index in [1.165, 1.54) is 0 Å². The normalized spacial score (nSPS) is 19.6. The van der Waals surface area contributed by atoms with Crippen LogP contribution in [0.3, 0.4) is 0 Å². The molecule has 1 aromatic heterocycles. The van der Waals surface area contributed by atoms with Crippen molar-refractivity contribution in [3.8, 4) is 17.4 Å². The standard InChI is InChI=1S/C22H23F3N2O4/c1-21(2)11-14-4-3-5-17(20(14)31-21)29-13-19(28)27-9-7-16(12-27)30-18-10-15(6-8-26-18)22(23,24)25/h3-6,8,10,16H,7,9,11-13H2,1-2H3. The largest absolute Gasteiger partial charge is 0.483 e. The van der Waals surface area contributed by atoms with Crippen molar-refractivity contribution in [1.29, 1.82) is 0 Å². The number of likely N-dealkylation sites (tertiary alicyclic amines) is 1. The van der Waals surface area contributed by atoms with Crippen molar-refractivity contribution in [2.45, 2.75) is 44.6 Å². The van der Waals surface area contributed by atoms with Crippen LogP contribution in [0.25, 0.3) is 0 Å². The second kappa shape index (κ2) is 7.94. The van der Waals surface area contributed by atoms with Gasteiger partial charge in [0.1, 0.15) is 11.7 Å². The Labute approximate surface area is 177 Å². The number of alkyl halides is 3.